The van der Waals surface area contributed by atoms with Crippen LogP contribution < -0.4 is 11.3 Å². The standard InChI is InChI=1S/C14H16N4O3S/c1-9-5-3-4-6-11(9)17-18-13-8-7-12(16-15)10(2)14(13)22(19,20)21/h3-8,16H,15H2,1-2H3,(H,19,20,21). The average Bonchev–Trinajstić information content (AvgIpc) is 2.45. The van der Waals surface area contributed by atoms with Crippen molar-refractivity contribution in [2.24, 2.45) is 16.1 Å². The molecule has 0 aromatic heterocycles. The van der Waals surface area contributed by atoms with Gasteiger partial charge in [-0.05, 0) is 43.2 Å². The topological polar surface area (TPSA) is 117 Å². The molecule has 0 saturated heterocycles. The summed E-state index contributed by atoms with van der Waals surface area (Å²) in [7, 11) is -4.46. The second-order valence-corrected chi connectivity index (χ2v) is 6.05. The Morgan fingerprint density at radius 2 is 1.68 bits per heavy atom. The monoisotopic (exact) mass is 320 g/mol. The molecule has 22 heavy (non-hydrogen) atoms. The van der Waals surface area contributed by atoms with Gasteiger partial charge in [0.2, 0.25) is 0 Å². The Kier molecular flexibility index (Phi) is 4.55. The quantitative estimate of drug-likeness (QED) is 0.346. The summed E-state index contributed by atoms with van der Waals surface area (Å²) < 4.78 is 32.6. The lowest BCUT2D eigenvalue weighted by molar-refractivity contribution is 0.483. The van der Waals surface area contributed by atoms with E-state index in [4.69, 9.17) is 5.84 Å². The summed E-state index contributed by atoms with van der Waals surface area (Å²) in [6.45, 7) is 3.38. The molecule has 0 aliphatic heterocycles. The molecule has 0 amide bonds. The Bertz CT molecular complexity index is 832. The van der Waals surface area contributed by atoms with Gasteiger partial charge in [0.25, 0.3) is 10.1 Å². The summed E-state index contributed by atoms with van der Waals surface area (Å²) in [6.07, 6.45) is 0. The molecule has 116 valence electrons. The van der Waals surface area contributed by atoms with Crippen LogP contribution in [0.3, 0.4) is 0 Å². The van der Waals surface area contributed by atoms with Crippen LogP contribution >= 0.6 is 0 Å². The first-order chi connectivity index (χ1) is 10.3. The third-order valence-corrected chi connectivity index (χ3v) is 4.21. The second kappa shape index (κ2) is 6.22. The van der Waals surface area contributed by atoms with Crippen molar-refractivity contribution in [1.82, 2.24) is 0 Å². The largest absolute Gasteiger partial charge is 0.324 e. The van der Waals surface area contributed by atoms with Gasteiger partial charge in [-0.3, -0.25) is 10.4 Å². The Morgan fingerprint density at radius 3 is 2.27 bits per heavy atom. The molecule has 0 saturated carbocycles. The molecule has 0 aliphatic rings. The highest BCUT2D eigenvalue weighted by atomic mass is 32.2. The molecule has 0 aliphatic carbocycles. The molecular weight excluding hydrogens is 304 g/mol. The molecule has 2 aromatic rings. The van der Waals surface area contributed by atoms with Crippen molar-refractivity contribution in [3.8, 4) is 0 Å². The maximum absolute atomic E-state index is 11.6. The van der Waals surface area contributed by atoms with Gasteiger partial charge in [-0.2, -0.15) is 13.5 Å². The molecule has 2 aromatic carbocycles. The maximum atomic E-state index is 11.6. The number of nitrogens with zero attached hydrogens (tertiary/aromatic N) is 2. The Balaban J connectivity index is 2.57. The average molecular weight is 320 g/mol. The minimum absolute atomic E-state index is 0.0438. The van der Waals surface area contributed by atoms with E-state index in [0.29, 0.717) is 11.4 Å². The highest BCUT2D eigenvalue weighted by molar-refractivity contribution is 7.86. The fraction of sp³-hybridized carbons (Fsp3) is 0.143. The van der Waals surface area contributed by atoms with Crippen molar-refractivity contribution in [1.29, 1.82) is 0 Å². The first-order valence-corrected chi connectivity index (χ1v) is 7.83. The van der Waals surface area contributed by atoms with Crippen LogP contribution in [-0.2, 0) is 10.1 Å². The van der Waals surface area contributed by atoms with Crippen LogP contribution in [0.5, 0.6) is 0 Å². The van der Waals surface area contributed by atoms with Gasteiger partial charge in [0.1, 0.15) is 10.6 Å². The van der Waals surface area contributed by atoms with Gasteiger partial charge in [0.05, 0.1) is 11.4 Å². The smallest absolute Gasteiger partial charge is 0.297 e. The molecule has 0 unspecified atom stereocenters. The van der Waals surface area contributed by atoms with Crippen LogP contribution in [0.25, 0.3) is 0 Å². The normalized spacial score (nSPS) is 11.8. The number of nitrogens with two attached hydrogens (primary N) is 1. The number of nitrogen functional groups attached to an aromatic ring is 1. The summed E-state index contributed by atoms with van der Waals surface area (Å²) >= 11 is 0. The lowest BCUT2D eigenvalue weighted by atomic mass is 10.2. The van der Waals surface area contributed by atoms with Crippen LogP contribution in [0.2, 0.25) is 0 Å². The Labute approximate surface area is 128 Å². The van der Waals surface area contributed by atoms with E-state index in [9.17, 15) is 13.0 Å². The zero-order chi connectivity index (χ0) is 16.3. The van der Waals surface area contributed by atoms with E-state index in [0.717, 1.165) is 5.56 Å². The van der Waals surface area contributed by atoms with Crippen LogP contribution in [0.1, 0.15) is 11.1 Å². The van der Waals surface area contributed by atoms with Crippen LogP contribution in [0, 0.1) is 13.8 Å². The Hall–Kier alpha value is -2.29. The summed E-state index contributed by atoms with van der Waals surface area (Å²) in [4.78, 5) is -0.319. The molecule has 0 radical (unpaired) electrons. The molecule has 0 bridgehead atoms. The number of azo groups is 1. The van der Waals surface area contributed by atoms with E-state index in [1.807, 2.05) is 19.1 Å². The summed E-state index contributed by atoms with van der Waals surface area (Å²) in [6, 6.07) is 10.3. The number of aryl methyl sites for hydroxylation is 1. The number of nitrogens with one attached hydrogen (secondary N) is 1. The first kappa shape index (κ1) is 16.1. The molecule has 0 heterocycles. The number of anilines is 1. The highest BCUT2D eigenvalue weighted by Crippen LogP contribution is 2.33. The van der Waals surface area contributed by atoms with Crippen molar-refractivity contribution in [3.05, 3.63) is 47.5 Å². The van der Waals surface area contributed by atoms with Crippen molar-refractivity contribution >= 4 is 27.2 Å². The van der Waals surface area contributed by atoms with Gasteiger partial charge in [0, 0.05) is 0 Å². The molecule has 4 N–H and O–H groups in total. The number of hydrogen-bond acceptors (Lipinski definition) is 6. The highest BCUT2D eigenvalue weighted by Gasteiger charge is 2.21. The molecule has 0 atom stereocenters. The van der Waals surface area contributed by atoms with Crippen LogP contribution in [-0.4, -0.2) is 13.0 Å². The third-order valence-electron chi connectivity index (χ3n) is 3.18. The first-order valence-electron chi connectivity index (χ1n) is 6.39. The van der Waals surface area contributed by atoms with E-state index < -0.39 is 10.1 Å². The molecular formula is C14H16N4O3S. The lowest BCUT2D eigenvalue weighted by Crippen LogP contribution is -2.11. The van der Waals surface area contributed by atoms with Crippen molar-refractivity contribution in [2.75, 3.05) is 5.43 Å². The zero-order valence-corrected chi connectivity index (χ0v) is 12.9. The minimum Gasteiger partial charge on any atom is -0.324 e. The van der Waals surface area contributed by atoms with Gasteiger partial charge in [-0.25, -0.2) is 0 Å². The SMILES string of the molecule is Cc1ccccc1N=Nc1ccc(NN)c(C)c1S(=O)(=O)O. The second-order valence-electron chi connectivity index (χ2n) is 4.69. The van der Waals surface area contributed by atoms with E-state index >= 15 is 0 Å². The van der Waals surface area contributed by atoms with Crippen molar-refractivity contribution in [2.45, 2.75) is 18.7 Å². The van der Waals surface area contributed by atoms with Gasteiger partial charge >= 0.3 is 0 Å². The predicted octanol–water partition coefficient (Wildman–Crippen LogP) is 3.25. The zero-order valence-electron chi connectivity index (χ0n) is 12.1. The molecule has 0 fully saturated rings. The van der Waals surface area contributed by atoms with E-state index in [2.05, 4.69) is 15.7 Å². The molecule has 7 nitrogen and oxygen atoms in total. The van der Waals surface area contributed by atoms with Crippen molar-refractivity contribution in [3.63, 3.8) is 0 Å². The maximum Gasteiger partial charge on any atom is 0.297 e. The number of hydrazine groups is 1. The van der Waals surface area contributed by atoms with E-state index in [-0.39, 0.29) is 16.1 Å². The van der Waals surface area contributed by atoms with E-state index in [1.54, 1.807) is 18.2 Å². The van der Waals surface area contributed by atoms with E-state index in [1.165, 1.54) is 13.0 Å². The minimum atomic E-state index is -4.46. The van der Waals surface area contributed by atoms with Crippen LogP contribution in [0.15, 0.2) is 51.5 Å². The summed E-state index contributed by atoms with van der Waals surface area (Å²) in [5.41, 5.74) is 4.57. The lowest BCUT2D eigenvalue weighted by Gasteiger charge is -2.10. The fourth-order valence-electron chi connectivity index (χ4n) is 2.02. The fourth-order valence-corrected chi connectivity index (χ4v) is 2.89. The summed E-state index contributed by atoms with van der Waals surface area (Å²) in [5, 5.41) is 8.00. The Morgan fingerprint density at radius 1 is 1.05 bits per heavy atom. The summed E-state index contributed by atoms with van der Waals surface area (Å²) in [5.74, 6) is 5.32. The van der Waals surface area contributed by atoms with Crippen molar-refractivity contribution < 1.29 is 13.0 Å². The van der Waals surface area contributed by atoms with Gasteiger partial charge in [0.15, 0.2) is 0 Å². The van der Waals surface area contributed by atoms with Gasteiger partial charge < -0.3 is 5.43 Å². The number of rotatable bonds is 4. The van der Waals surface area contributed by atoms with Crippen LogP contribution in [0.4, 0.5) is 17.1 Å². The predicted molar refractivity (Wildman–Crippen MR) is 84.2 cm³/mol. The van der Waals surface area contributed by atoms with Gasteiger partial charge in [-0.15, -0.1) is 5.11 Å². The molecule has 8 heteroatoms. The number of hydrogen-bond donors (Lipinski definition) is 3. The molecule has 0 spiro atoms. The van der Waals surface area contributed by atoms with Gasteiger partial charge in [-0.1, -0.05) is 18.2 Å². The third kappa shape index (κ3) is 3.30. The molecule has 2 rings (SSSR count). The number of benzene rings is 2.